The van der Waals surface area contributed by atoms with Crippen molar-refractivity contribution in [2.75, 3.05) is 13.2 Å². The molecular weight excluding hydrogens is 190 g/mol. The fourth-order valence-electron chi connectivity index (χ4n) is 0.879. The number of rotatable bonds is 7. The van der Waals surface area contributed by atoms with Gasteiger partial charge in [0, 0.05) is 6.42 Å². The lowest BCUT2D eigenvalue weighted by molar-refractivity contribution is -0.143. The lowest BCUT2D eigenvalue weighted by Gasteiger charge is -2.01. The van der Waals surface area contributed by atoms with Gasteiger partial charge in [0.15, 0.2) is 0 Å². The molecule has 80 valence electrons. The summed E-state index contributed by atoms with van der Waals surface area (Å²) in [6.45, 7) is 3.25. The Bertz CT molecular complexity index is 120. The molecule has 0 spiro atoms. The quantitative estimate of drug-likeness (QED) is 0.515. The zero-order chi connectivity index (χ0) is 9.23. The highest BCUT2D eigenvalue weighted by atomic mass is 35.5. The first-order valence-corrected chi connectivity index (χ1v) is 4.67. The summed E-state index contributed by atoms with van der Waals surface area (Å²) < 4.78 is 4.90. The van der Waals surface area contributed by atoms with E-state index in [0.29, 0.717) is 19.6 Å². The Labute approximate surface area is 86.4 Å². The van der Waals surface area contributed by atoms with Crippen LogP contribution in [0, 0.1) is 0 Å². The molecular formula is C9H20ClNO2. The minimum absolute atomic E-state index is 0. The van der Waals surface area contributed by atoms with Crippen molar-refractivity contribution in [3.63, 3.8) is 0 Å². The van der Waals surface area contributed by atoms with Gasteiger partial charge < -0.3 is 10.5 Å². The average Bonchev–Trinajstić information content (AvgIpc) is 2.09. The van der Waals surface area contributed by atoms with Crippen LogP contribution in [0.5, 0.6) is 0 Å². The number of esters is 1. The molecule has 0 aliphatic carbocycles. The normalized spacial score (nSPS) is 9.08. The van der Waals surface area contributed by atoms with E-state index >= 15 is 0 Å². The summed E-state index contributed by atoms with van der Waals surface area (Å²) in [5.74, 6) is -0.0751. The van der Waals surface area contributed by atoms with Crippen LogP contribution in [-0.2, 0) is 9.53 Å². The third-order valence-corrected chi connectivity index (χ3v) is 1.55. The van der Waals surface area contributed by atoms with Crippen molar-refractivity contribution < 1.29 is 9.53 Å². The molecule has 0 saturated heterocycles. The van der Waals surface area contributed by atoms with E-state index in [2.05, 4.69) is 0 Å². The first-order chi connectivity index (χ1) is 5.81. The zero-order valence-corrected chi connectivity index (χ0v) is 9.07. The summed E-state index contributed by atoms with van der Waals surface area (Å²) in [6, 6.07) is 0. The molecule has 0 unspecified atom stereocenters. The van der Waals surface area contributed by atoms with E-state index in [1.165, 1.54) is 0 Å². The van der Waals surface area contributed by atoms with Crippen LogP contribution >= 0.6 is 12.4 Å². The second-order valence-electron chi connectivity index (χ2n) is 2.82. The Balaban J connectivity index is 0. The van der Waals surface area contributed by atoms with Gasteiger partial charge in [-0.2, -0.15) is 0 Å². The molecule has 0 amide bonds. The van der Waals surface area contributed by atoms with Crippen molar-refractivity contribution in [1.29, 1.82) is 0 Å². The van der Waals surface area contributed by atoms with Crippen LogP contribution in [0.1, 0.15) is 39.0 Å². The second-order valence-corrected chi connectivity index (χ2v) is 2.82. The largest absolute Gasteiger partial charge is 0.466 e. The number of carbonyl (C=O) groups excluding carboxylic acids is 1. The Kier molecular flexibility index (Phi) is 13.7. The second kappa shape index (κ2) is 11.7. The lowest BCUT2D eigenvalue weighted by Crippen LogP contribution is -2.05. The molecule has 0 aromatic heterocycles. The molecule has 0 fully saturated rings. The fourth-order valence-corrected chi connectivity index (χ4v) is 0.879. The van der Waals surface area contributed by atoms with Crippen molar-refractivity contribution in [2.45, 2.75) is 39.0 Å². The number of ether oxygens (including phenoxy) is 1. The molecule has 3 nitrogen and oxygen atoms in total. The molecule has 0 heterocycles. The number of halogens is 1. The van der Waals surface area contributed by atoms with Gasteiger partial charge in [-0.3, -0.25) is 4.79 Å². The van der Waals surface area contributed by atoms with Crippen LogP contribution in [0.4, 0.5) is 0 Å². The molecule has 0 aliphatic rings. The smallest absolute Gasteiger partial charge is 0.305 e. The van der Waals surface area contributed by atoms with Crippen LogP contribution in [-0.4, -0.2) is 19.1 Å². The topological polar surface area (TPSA) is 52.3 Å². The summed E-state index contributed by atoms with van der Waals surface area (Å²) in [4.78, 5) is 10.9. The molecule has 0 saturated carbocycles. The minimum atomic E-state index is -0.0751. The molecule has 0 radical (unpaired) electrons. The molecule has 2 N–H and O–H groups in total. The van der Waals surface area contributed by atoms with E-state index < -0.39 is 0 Å². The monoisotopic (exact) mass is 209 g/mol. The molecule has 0 rings (SSSR count). The van der Waals surface area contributed by atoms with Gasteiger partial charge in [-0.15, -0.1) is 12.4 Å². The molecule has 0 bridgehead atoms. The van der Waals surface area contributed by atoms with Gasteiger partial charge in [0.2, 0.25) is 0 Å². The fraction of sp³-hybridized carbons (Fsp3) is 0.889. The first kappa shape index (κ1) is 15.2. The van der Waals surface area contributed by atoms with E-state index in [1.807, 2.05) is 6.92 Å². The predicted molar refractivity (Wildman–Crippen MR) is 56.0 cm³/mol. The number of unbranched alkanes of at least 4 members (excludes halogenated alkanes) is 2. The van der Waals surface area contributed by atoms with Crippen molar-refractivity contribution >= 4 is 18.4 Å². The highest BCUT2D eigenvalue weighted by Gasteiger charge is 2.00. The molecule has 0 aromatic carbocycles. The van der Waals surface area contributed by atoms with E-state index in [1.54, 1.807) is 0 Å². The van der Waals surface area contributed by atoms with Gasteiger partial charge in [-0.1, -0.05) is 13.3 Å². The number of nitrogens with two attached hydrogens (primary N) is 1. The van der Waals surface area contributed by atoms with E-state index in [4.69, 9.17) is 10.5 Å². The van der Waals surface area contributed by atoms with Crippen molar-refractivity contribution in [3.8, 4) is 0 Å². The molecule has 0 atom stereocenters. The molecule has 0 aliphatic heterocycles. The third-order valence-electron chi connectivity index (χ3n) is 1.55. The van der Waals surface area contributed by atoms with Crippen LogP contribution in [0.15, 0.2) is 0 Å². The Hall–Kier alpha value is -0.280. The number of hydrogen-bond donors (Lipinski definition) is 1. The summed E-state index contributed by atoms with van der Waals surface area (Å²) in [5.41, 5.74) is 5.31. The summed E-state index contributed by atoms with van der Waals surface area (Å²) >= 11 is 0. The van der Waals surface area contributed by atoms with Gasteiger partial charge in [0.25, 0.3) is 0 Å². The molecule has 13 heavy (non-hydrogen) atoms. The number of hydrogen-bond acceptors (Lipinski definition) is 3. The zero-order valence-electron chi connectivity index (χ0n) is 8.25. The van der Waals surface area contributed by atoms with Gasteiger partial charge in [0.05, 0.1) is 6.61 Å². The van der Waals surface area contributed by atoms with E-state index in [0.717, 1.165) is 25.7 Å². The van der Waals surface area contributed by atoms with Crippen molar-refractivity contribution in [3.05, 3.63) is 0 Å². The van der Waals surface area contributed by atoms with Gasteiger partial charge in [-0.05, 0) is 25.8 Å². The maximum atomic E-state index is 10.9. The Morgan fingerprint density at radius 3 is 2.54 bits per heavy atom. The summed E-state index contributed by atoms with van der Waals surface area (Å²) in [7, 11) is 0. The highest BCUT2D eigenvalue weighted by molar-refractivity contribution is 5.85. The Morgan fingerprint density at radius 2 is 2.00 bits per heavy atom. The van der Waals surface area contributed by atoms with Gasteiger partial charge in [-0.25, -0.2) is 0 Å². The molecule has 0 aromatic rings. The van der Waals surface area contributed by atoms with Crippen molar-refractivity contribution in [2.24, 2.45) is 5.73 Å². The third kappa shape index (κ3) is 11.7. The summed E-state index contributed by atoms with van der Waals surface area (Å²) in [6.07, 6.45) is 4.37. The maximum Gasteiger partial charge on any atom is 0.305 e. The standard InChI is InChI=1S/C9H19NO2.ClH/c1-2-8-12-9(11)6-4-3-5-7-10;/h2-8,10H2,1H3;1H. The van der Waals surface area contributed by atoms with Crippen LogP contribution < -0.4 is 5.73 Å². The maximum absolute atomic E-state index is 10.9. The van der Waals surface area contributed by atoms with Crippen LogP contribution in [0.2, 0.25) is 0 Å². The van der Waals surface area contributed by atoms with E-state index in [9.17, 15) is 4.79 Å². The van der Waals surface area contributed by atoms with Gasteiger partial charge in [0.1, 0.15) is 0 Å². The van der Waals surface area contributed by atoms with Crippen LogP contribution in [0.25, 0.3) is 0 Å². The van der Waals surface area contributed by atoms with Gasteiger partial charge >= 0.3 is 5.97 Å². The Morgan fingerprint density at radius 1 is 1.31 bits per heavy atom. The minimum Gasteiger partial charge on any atom is -0.466 e. The lowest BCUT2D eigenvalue weighted by atomic mass is 10.2. The van der Waals surface area contributed by atoms with E-state index in [-0.39, 0.29) is 18.4 Å². The SMILES string of the molecule is CCCOC(=O)CCCCCN.Cl. The highest BCUT2D eigenvalue weighted by Crippen LogP contribution is 2.00. The van der Waals surface area contributed by atoms with Crippen molar-refractivity contribution in [1.82, 2.24) is 0 Å². The molecule has 4 heteroatoms. The first-order valence-electron chi connectivity index (χ1n) is 4.67. The predicted octanol–water partition coefficient (Wildman–Crippen LogP) is 1.88. The number of carbonyl (C=O) groups is 1. The summed E-state index contributed by atoms with van der Waals surface area (Å²) in [5, 5.41) is 0. The van der Waals surface area contributed by atoms with Crippen LogP contribution in [0.3, 0.4) is 0 Å². The average molecular weight is 210 g/mol.